The summed E-state index contributed by atoms with van der Waals surface area (Å²) in [6, 6.07) is 7.89. The normalized spacial score (nSPS) is 13.3. The number of rotatable bonds is 7. The number of anilines is 1. The van der Waals surface area contributed by atoms with E-state index in [4.69, 9.17) is 9.47 Å². The number of hydrogen-bond acceptors (Lipinski definition) is 6. The average molecular weight is 455 g/mol. The molecule has 1 aliphatic rings. The fourth-order valence-corrected chi connectivity index (χ4v) is 5.40. The van der Waals surface area contributed by atoms with Crippen molar-refractivity contribution in [3.63, 3.8) is 0 Å². The van der Waals surface area contributed by atoms with Crippen molar-refractivity contribution in [3.8, 4) is 0 Å². The molecule has 7 nitrogen and oxygen atoms in total. The molecule has 0 spiro atoms. The van der Waals surface area contributed by atoms with E-state index in [-0.39, 0.29) is 6.42 Å². The molecule has 2 aromatic heterocycles. The summed E-state index contributed by atoms with van der Waals surface area (Å²) in [5.74, 6) is -1.36. The van der Waals surface area contributed by atoms with Gasteiger partial charge in [-0.15, -0.1) is 11.3 Å². The van der Waals surface area contributed by atoms with Crippen LogP contribution in [0.2, 0.25) is 0 Å². The number of ether oxygens (including phenoxy) is 2. The van der Waals surface area contributed by atoms with Crippen molar-refractivity contribution in [2.45, 2.75) is 44.9 Å². The van der Waals surface area contributed by atoms with Gasteiger partial charge in [0.1, 0.15) is 5.00 Å². The number of hydrogen-bond donors (Lipinski definition) is 2. The molecular formula is C24H26N2O5S. The number of benzene rings is 1. The van der Waals surface area contributed by atoms with Gasteiger partial charge in [0.25, 0.3) is 5.91 Å². The van der Waals surface area contributed by atoms with Gasteiger partial charge in [-0.25, -0.2) is 4.79 Å². The maximum absolute atomic E-state index is 12.4. The number of esters is 2. The molecule has 0 atom stereocenters. The van der Waals surface area contributed by atoms with Crippen LogP contribution in [0.1, 0.15) is 52.0 Å². The van der Waals surface area contributed by atoms with E-state index in [0.717, 1.165) is 59.0 Å². The van der Waals surface area contributed by atoms with Crippen LogP contribution >= 0.6 is 11.3 Å². The Morgan fingerprint density at radius 2 is 1.94 bits per heavy atom. The molecule has 1 aliphatic carbocycles. The highest BCUT2D eigenvalue weighted by molar-refractivity contribution is 7.17. The number of thiophene rings is 1. The molecule has 1 aromatic carbocycles. The third-order valence-electron chi connectivity index (χ3n) is 5.70. The van der Waals surface area contributed by atoms with Gasteiger partial charge in [-0.3, -0.25) is 9.59 Å². The van der Waals surface area contributed by atoms with Crippen molar-refractivity contribution >= 4 is 45.1 Å². The van der Waals surface area contributed by atoms with E-state index in [0.29, 0.717) is 17.0 Å². The number of H-pyrrole nitrogens is 1. The van der Waals surface area contributed by atoms with Crippen molar-refractivity contribution < 1.29 is 23.9 Å². The van der Waals surface area contributed by atoms with Crippen LogP contribution in [-0.2, 0) is 38.3 Å². The molecule has 0 bridgehead atoms. The summed E-state index contributed by atoms with van der Waals surface area (Å²) in [5, 5.41) is 4.30. The molecule has 8 heteroatoms. The summed E-state index contributed by atoms with van der Waals surface area (Å²) in [7, 11) is 1.34. The average Bonchev–Trinajstić information content (AvgIpc) is 3.28. The van der Waals surface area contributed by atoms with E-state index >= 15 is 0 Å². The highest BCUT2D eigenvalue weighted by Crippen LogP contribution is 2.37. The number of para-hydroxylation sites is 1. The number of aromatic nitrogens is 1. The second-order valence-electron chi connectivity index (χ2n) is 7.83. The second kappa shape index (κ2) is 9.99. The maximum atomic E-state index is 12.4. The van der Waals surface area contributed by atoms with E-state index in [1.807, 2.05) is 30.5 Å². The Morgan fingerprint density at radius 1 is 1.12 bits per heavy atom. The van der Waals surface area contributed by atoms with Crippen LogP contribution in [0, 0.1) is 0 Å². The van der Waals surface area contributed by atoms with Gasteiger partial charge in [-0.2, -0.15) is 0 Å². The van der Waals surface area contributed by atoms with Gasteiger partial charge in [0.15, 0.2) is 6.61 Å². The van der Waals surface area contributed by atoms with Crippen LogP contribution in [0.3, 0.4) is 0 Å². The number of nitrogens with one attached hydrogen (secondary N) is 2. The second-order valence-corrected chi connectivity index (χ2v) is 8.93. The van der Waals surface area contributed by atoms with Crippen LogP contribution in [0.25, 0.3) is 10.9 Å². The lowest BCUT2D eigenvalue weighted by Crippen LogP contribution is -2.21. The van der Waals surface area contributed by atoms with Crippen LogP contribution in [0.4, 0.5) is 5.00 Å². The topological polar surface area (TPSA) is 97.5 Å². The molecule has 0 unspecified atom stereocenters. The van der Waals surface area contributed by atoms with E-state index in [2.05, 4.69) is 10.3 Å². The van der Waals surface area contributed by atoms with Crippen molar-refractivity contribution in [3.05, 3.63) is 52.0 Å². The molecule has 3 aromatic rings. The molecule has 0 saturated heterocycles. The summed E-state index contributed by atoms with van der Waals surface area (Å²) in [6.07, 6.45) is 7.48. The molecule has 32 heavy (non-hydrogen) atoms. The van der Waals surface area contributed by atoms with Gasteiger partial charge in [0.2, 0.25) is 0 Å². The number of carbonyl (C=O) groups excluding carboxylic acids is 3. The Kier molecular flexibility index (Phi) is 6.90. The van der Waals surface area contributed by atoms with Crippen molar-refractivity contribution in [1.82, 2.24) is 4.98 Å². The molecule has 0 aliphatic heterocycles. The molecule has 0 radical (unpaired) electrons. The molecule has 0 fully saturated rings. The van der Waals surface area contributed by atoms with Crippen LogP contribution in [0.5, 0.6) is 0 Å². The number of carbonyl (C=O) groups is 3. The standard InChI is InChI=1S/C24H26N2O5S/c1-30-24(29)22-17-8-3-2-4-10-19(17)32-23(22)26-20(27)14-31-21(28)12-11-15-13-25-18-9-6-5-7-16(15)18/h5-7,9,13,25H,2-4,8,10-12,14H2,1H3,(H,26,27). The molecule has 2 N–H and O–H groups in total. The SMILES string of the molecule is COC(=O)c1c(NC(=O)COC(=O)CCc2c[nH]c3ccccc23)sc2c1CCCCC2. The predicted octanol–water partition coefficient (Wildman–Crippen LogP) is 4.40. The fourth-order valence-electron chi connectivity index (χ4n) is 4.10. The lowest BCUT2D eigenvalue weighted by Gasteiger charge is -2.08. The maximum Gasteiger partial charge on any atom is 0.341 e. The van der Waals surface area contributed by atoms with Gasteiger partial charge in [-0.05, 0) is 49.3 Å². The highest BCUT2D eigenvalue weighted by Gasteiger charge is 2.26. The summed E-state index contributed by atoms with van der Waals surface area (Å²) in [5.41, 5.74) is 3.47. The molecule has 4 rings (SSSR count). The van der Waals surface area contributed by atoms with Crippen molar-refractivity contribution in [2.75, 3.05) is 19.0 Å². The Labute approximate surface area is 190 Å². The Bertz CT molecular complexity index is 1150. The number of aromatic amines is 1. The first kappa shape index (κ1) is 22.1. The molecule has 1 amide bonds. The Hall–Kier alpha value is -3.13. The van der Waals surface area contributed by atoms with Gasteiger partial charge < -0.3 is 19.8 Å². The van der Waals surface area contributed by atoms with Crippen LogP contribution in [-0.4, -0.2) is 36.5 Å². The first-order valence-electron chi connectivity index (χ1n) is 10.8. The summed E-state index contributed by atoms with van der Waals surface area (Å²) >= 11 is 1.41. The van der Waals surface area contributed by atoms with Gasteiger partial charge >= 0.3 is 11.9 Å². The highest BCUT2D eigenvalue weighted by atomic mass is 32.1. The monoisotopic (exact) mass is 454 g/mol. The number of aryl methyl sites for hydroxylation is 2. The predicted molar refractivity (Wildman–Crippen MR) is 123 cm³/mol. The van der Waals surface area contributed by atoms with Crippen LogP contribution < -0.4 is 5.32 Å². The van der Waals surface area contributed by atoms with E-state index in [1.165, 1.54) is 18.4 Å². The summed E-state index contributed by atoms with van der Waals surface area (Å²) < 4.78 is 10.1. The smallest absolute Gasteiger partial charge is 0.341 e. The van der Waals surface area contributed by atoms with E-state index in [9.17, 15) is 14.4 Å². The summed E-state index contributed by atoms with van der Waals surface area (Å²) in [4.78, 5) is 41.3. The third-order valence-corrected chi connectivity index (χ3v) is 6.91. The zero-order chi connectivity index (χ0) is 22.5. The minimum Gasteiger partial charge on any atom is -0.465 e. The quantitative estimate of drug-likeness (QED) is 0.407. The first-order chi connectivity index (χ1) is 15.6. The van der Waals surface area contributed by atoms with E-state index < -0.39 is 24.5 Å². The molecule has 2 heterocycles. The minimum atomic E-state index is -0.466. The van der Waals surface area contributed by atoms with Gasteiger partial charge in [-0.1, -0.05) is 24.6 Å². The largest absolute Gasteiger partial charge is 0.465 e. The van der Waals surface area contributed by atoms with Crippen molar-refractivity contribution in [1.29, 1.82) is 0 Å². The number of amides is 1. The van der Waals surface area contributed by atoms with E-state index in [1.54, 1.807) is 0 Å². The fraction of sp³-hybridized carbons (Fsp3) is 0.375. The third kappa shape index (κ3) is 4.85. The molecular weight excluding hydrogens is 428 g/mol. The van der Waals surface area contributed by atoms with Gasteiger partial charge in [0, 0.05) is 28.4 Å². The lowest BCUT2D eigenvalue weighted by atomic mass is 10.1. The zero-order valence-electron chi connectivity index (χ0n) is 18.0. The lowest BCUT2D eigenvalue weighted by molar-refractivity contribution is -0.147. The van der Waals surface area contributed by atoms with Gasteiger partial charge in [0.05, 0.1) is 12.7 Å². The van der Waals surface area contributed by atoms with Crippen molar-refractivity contribution in [2.24, 2.45) is 0 Å². The Morgan fingerprint density at radius 3 is 2.78 bits per heavy atom. The molecule has 168 valence electrons. The minimum absolute atomic E-state index is 0.176. The Balaban J connectivity index is 1.33. The summed E-state index contributed by atoms with van der Waals surface area (Å²) in [6.45, 7) is -0.393. The number of methoxy groups -OCH3 is 1. The molecule has 0 saturated carbocycles. The zero-order valence-corrected chi connectivity index (χ0v) is 18.8. The number of fused-ring (bicyclic) bond motifs is 2. The first-order valence-corrected chi connectivity index (χ1v) is 11.6. The van der Waals surface area contributed by atoms with Crippen LogP contribution in [0.15, 0.2) is 30.5 Å².